The summed E-state index contributed by atoms with van der Waals surface area (Å²) in [5, 5.41) is 0.0586. The molecule has 2 heterocycles. The normalized spacial score (nSPS) is 21.0. The van der Waals surface area contributed by atoms with Gasteiger partial charge in [0.1, 0.15) is 0 Å². The fourth-order valence-corrected chi connectivity index (χ4v) is 3.60. The lowest BCUT2D eigenvalue weighted by Gasteiger charge is -2.31. The maximum absolute atomic E-state index is 12.3. The first kappa shape index (κ1) is 15.4. The summed E-state index contributed by atoms with van der Waals surface area (Å²) in [6.45, 7) is 5.19. The summed E-state index contributed by atoms with van der Waals surface area (Å²) < 4.78 is 27.3. The number of nitrogens with zero attached hydrogens (tertiary/aromatic N) is 2. The van der Waals surface area contributed by atoms with Gasteiger partial charge in [0.05, 0.1) is 0 Å². The van der Waals surface area contributed by atoms with Crippen LogP contribution in [-0.4, -0.2) is 44.0 Å². The molecule has 0 spiro atoms. The minimum absolute atomic E-state index is 0.0373. The molecule has 0 saturated carbocycles. The van der Waals surface area contributed by atoms with E-state index in [1.165, 1.54) is 12.3 Å². The second-order valence-electron chi connectivity index (χ2n) is 5.06. The number of likely N-dealkylation sites (N-methyl/N-ethyl adjacent to an activating group) is 1. The van der Waals surface area contributed by atoms with Gasteiger partial charge in [-0.15, -0.1) is 0 Å². The molecule has 0 aromatic carbocycles. The van der Waals surface area contributed by atoms with Crippen molar-refractivity contribution in [2.75, 3.05) is 19.6 Å². The topological polar surface area (TPSA) is 88.3 Å². The van der Waals surface area contributed by atoms with Crippen LogP contribution in [0.25, 0.3) is 0 Å². The summed E-state index contributed by atoms with van der Waals surface area (Å²) in [6, 6.07) is 3.16. The van der Waals surface area contributed by atoms with Crippen molar-refractivity contribution >= 4 is 10.0 Å². The van der Waals surface area contributed by atoms with E-state index in [2.05, 4.69) is 21.5 Å². The summed E-state index contributed by atoms with van der Waals surface area (Å²) in [5.41, 5.74) is 6.30. The number of pyridine rings is 1. The molecule has 6 nitrogen and oxygen atoms in total. The summed E-state index contributed by atoms with van der Waals surface area (Å²) in [4.78, 5) is 6.23. The van der Waals surface area contributed by atoms with Gasteiger partial charge in [-0.1, -0.05) is 13.0 Å². The first-order valence-corrected chi connectivity index (χ1v) is 8.43. The third-order valence-electron chi connectivity index (χ3n) is 3.58. The third kappa shape index (κ3) is 3.76. The number of nitrogens with one attached hydrogen (secondary N) is 1. The molecule has 7 heteroatoms. The molecule has 0 aliphatic carbocycles. The van der Waals surface area contributed by atoms with E-state index in [1.54, 1.807) is 6.07 Å². The lowest BCUT2D eigenvalue weighted by Crippen LogP contribution is -2.47. The van der Waals surface area contributed by atoms with Crippen molar-refractivity contribution in [2.45, 2.75) is 37.4 Å². The summed E-state index contributed by atoms with van der Waals surface area (Å²) in [5.74, 6) is 0. The van der Waals surface area contributed by atoms with Crippen LogP contribution in [0, 0.1) is 0 Å². The van der Waals surface area contributed by atoms with Gasteiger partial charge in [0.15, 0.2) is 5.03 Å². The molecule has 20 heavy (non-hydrogen) atoms. The van der Waals surface area contributed by atoms with Crippen molar-refractivity contribution in [3.63, 3.8) is 0 Å². The molecule has 1 aliphatic rings. The molecule has 1 fully saturated rings. The van der Waals surface area contributed by atoms with Crippen LogP contribution in [0.2, 0.25) is 0 Å². The van der Waals surface area contributed by atoms with Gasteiger partial charge in [0, 0.05) is 25.3 Å². The molecule has 0 bridgehead atoms. The Kier molecular flexibility index (Phi) is 5.09. The minimum Gasteiger partial charge on any atom is -0.326 e. The zero-order chi connectivity index (χ0) is 14.6. The Balaban J connectivity index is 2.06. The molecule has 112 valence electrons. The number of nitrogens with two attached hydrogens (primary N) is 1. The largest absolute Gasteiger partial charge is 0.326 e. The van der Waals surface area contributed by atoms with Gasteiger partial charge in [-0.2, -0.15) is 0 Å². The van der Waals surface area contributed by atoms with Gasteiger partial charge >= 0.3 is 0 Å². The Bertz CT molecular complexity index is 530. The fraction of sp³-hybridized carbons (Fsp3) is 0.615. The standard InChI is InChI=1S/C13H22N4O2S/c1-2-17-7-3-4-12(10-17)16-20(18,19)13-6-5-11(8-14)9-15-13/h5-6,9,12,16H,2-4,7-8,10,14H2,1H3. The van der Waals surface area contributed by atoms with Crippen LogP contribution < -0.4 is 10.5 Å². The quantitative estimate of drug-likeness (QED) is 0.816. The molecule has 1 unspecified atom stereocenters. The van der Waals surface area contributed by atoms with Gasteiger partial charge in [-0.3, -0.25) is 0 Å². The van der Waals surface area contributed by atoms with E-state index in [9.17, 15) is 8.42 Å². The number of sulfonamides is 1. The van der Waals surface area contributed by atoms with E-state index in [4.69, 9.17) is 5.73 Å². The van der Waals surface area contributed by atoms with Crippen LogP contribution in [0.3, 0.4) is 0 Å². The van der Waals surface area contributed by atoms with Gasteiger partial charge in [0.2, 0.25) is 0 Å². The second kappa shape index (κ2) is 6.62. The maximum atomic E-state index is 12.3. The molecular formula is C13H22N4O2S. The molecule has 1 aromatic rings. The van der Waals surface area contributed by atoms with Crippen LogP contribution in [0.4, 0.5) is 0 Å². The van der Waals surface area contributed by atoms with Gasteiger partial charge < -0.3 is 10.6 Å². The summed E-state index contributed by atoms with van der Waals surface area (Å²) in [6.07, 6.45) is 3.39. The van der Waals surface area contributed by atoms with Crippen LogP contribution in [0.15, 0.2) is 23.4 Å². The maximum Gasteiger partial charge on any atom is 0.258 e. The molecule has 3 N–H and O–H groups in total. The van der Waals surface area contributed by atoms with Crippen molar-refractivity contribution in [3.05, 3.63) is 23.9 Å². The van der Waals surface area contributed by atoms with Crippen LogP contribution >= 0.6 is 0 Å². The molecule has 0 radical (unpaired) electrons. The smallest absolute Gasteiger partial charge is 0.258 e. The Morgan fingerprint density at radius 3 is 2.90 bits per heavy atom. The average Bonchev–Trinajstić information content (AvgIpc) is 2.47. The van der Waals surface area contributed by atoms with Crippen LogP contribution in [0.1, 0.15) is 25.3 Å². The number of hydrogen-bond donors (Lipinski definition) is 2. The van der Waals surface area contributed by atoms with E-state index in [0.717, 1.165) is 38.0 Å². The van der Waals surface area contributed by atoms with E-state index < -0.39 is 10.0 Å². The summed E-state index contributed by atoms with van der Waals surface area (Å²) >= 11 is 0. The van der Waals surface area contributed by atoms with E-state index in [1.807, 2.05) is 0 Å². The van der Waals surface area contributed by atoms with Crippen molar-refractivity contribution in [3.8, 4) is 0 Å². The zero-order valence-corrected chi connectivity index (χ0v) is 12.6. The number of rotatable bonds is 5. The molecule has 0 amide bonds. The number of aromatic nitrogens is 1. The van der Waals surface area contributed by atoms with Crippen molar-refractivity contribution in [2.24, 2.45) is 5.73 Å². The SMILES string of the molecule is CCN1CCCC(NS(=O)(=O)c2ccc(CN)cn2)C1. The molecule has 1 saturated heterocycles. The summed E-state index contributed by atoms with van der Waals surface area (Å²) in [7, 11) is -3.55. The number of piperidine rings is 1. The molecule has 1 atom stereocenters. The predicted molar refractivity (Wildman–Crippen MR) is 77.6 cm³/mol. The minimum atomic E-state index is -3.55. The lowest BCUT2D eigenvalue weighted by molar-refractivity contribution is 0.211. The predicted octanol–water partition coefficient (Wildman–Crippen LogP) is 0.303. The molecular weight excluding hydrogens is 276 g/mol. The highest BCUT2D eigenvalue weighted by molar-refractivity contribution is 7.89. The highest BCUT2D eigenvalue weighted by atomic mass is 32.2. The van der Waals surface area contributed by atoms with Crippen molar-refractivity contribution in [1.82, 2.24) is 14.6 Å². The van der Waals surface area contributed by atoms with E-state index in [0.29, 0.717) is 6.54 Å². The highest BCUT2D eigenvalue weighted by Gasteiger charge is 2.25. The first-order chi connectivity index (χ1) is 9.55. The Morgan fingerprint density at radius 1 is 1.50 bits per heavy atom. The van der Waals surface area contributed by atoms with Gasteiger partial charge in [0.25, 0.3) is 10.0 Å². The Hall–Kier alpha value is -1.02. The highest BCUT2D eigenvalue weighted by Crippen LogP contribution is 2.13. The monoisotopic (exact) mass is 298 g/mol. The van der Waals surface area contributed by atoms with Crippen LogP contribution in [-0.2, 0) is 16.6 Å². The Labute approximate surface area is 120 Å². The van der Waals surface area contributed by atoms with Gasteiger partial charge in [-0.25, -0.2) is 18.1 Å². The van der Waals surface area contributed by atoms with Crippen molar-refractivity contribution in [1.29, 1.82) is 0 Å². The first-order valence-electron chi connectivity index (χ1n) is 6.95. The van der Waals surface area contributed by atoms with E-state index >= 15 is 0 Å². The molecule has 1 aliphatic heterocycles. The zero-order valence-electron chi connectivity index (χ0n) is 11.7. The van der Waals surface area contributed by atoms with Crippen molar-refractivity contribution < 1.29 is 8.42 Å². The third-order valence-corrected chi connectivity index (χ3v) is 5.02. The average molecular weight is 298 g/mol. The van der Waals surface area contributed by atoms with E-state index in [-0.39, 0.29) is 11.1 Å². The Morgan fingerprint density at radius 2 is 2.30 bits per heavy atom. The molecule has 2 rings (SSSR count). The number of likely N-dealkylation sites (tertiary alicyclic amines) is 1. The lowest BCUT2D eigenvalue weighted by atomic mass is 10.1. The van der Waals surface area contributed by atoms with Gasteiger partial charge in [-0.05, 0) is 37.6 Å². The fourth-order valence-electron chi connectivity index (χ4n) is 2.41. The number of hydrogen-bond acceptors (Lipinski definition) is 5. The van der Waals surface area contributed by atoms with Crippen LogP contribution in [0.5, 0.6) is 0 Å². The second-order valence-corrected chi connectivity index (χ2v) is 6.72. The molecule has 1 aromatic heterocycles.